The number of rotatable bonds is 7. The van der Waals surface area contributed by atoms with E-state index in [1.54, 1.807) is 6.92 Å². The van der Waals surface area contributed by atoms with E-state index in [9.17, 15) is 13.2 Å². The van der Waals surface area contributed by atoms with Gasteiger partial charge in [-0.3, -0.25) is 0 Å². The van der Waals surface area contributed by atoms with Crippen LogP contribution in [0.1, 0.15) is 26.7 Å². The summed E-state index contributed by atoms with van der Waals surface area (Å²) in [7, 11) is -2.68. The highest BCUT2D eigenvalue weighted by molar-refractivity contribution is 7.89. The van der Waals surface area contributed by atoms with Gasteiger partial charge >= 0.3 is 5.97 Å². The van der Waals surface area contributed by atoms with Gasteiger partial charge in [0.15, 0.2) is 5.76 Å². The summed E-state index contributed by atoms with van der Waals surface area (Å²) in [5, 5.41) is 5.28. The number of aromatic nitrogens is 1. The minimum absolute atomic E-state index is 0.0155. The second-order valence-corrected chi connectivity index (χ2v) is 7.21. The van der Waals surface area contributed by atoms with Crippen molar-refractivity contribution >= 4 is 27.3 Å². The van der Waals surface area contributed by atoms with Crippen LogP contribution < -0.4 is 4.72 Å². The molecule has 126 valence electrons. The number of aryl methyl sites for hydroxylation is 1. The molecule has 0 spiro atoms. The maximum Gasteiger partial charge on any atom is 0.349 e. The summed E-state index contributed by atoms with van der Waals surface area (Å²) < 4.78 is 41.5. The topological polar surface area (TPSA) is 108 Å². The van der Waals surface area contributed by atoms with Gasteiger partial charge in [-0.1, -0.05) is 5.16 Å². The van der Waals surface area contributed by atoms with Crippen molar-refractivity contribution in [3.05, 3.63) is 33.3 Å². The summed E-state index contributed by atoms with van der Waals surface area (Å²) in [4.78, 5) is 11.4. The van der Waals surface area contributed by atoms with Gasteiger partial charge in [0.25, 0.3) is 0 Å². The molecule has 0 aromatic carbocycles. The molecule has 8 nitrogen and oxygen atoms in total. The molecule has 2 aromatic rings. The molecular weight excluding hydrogens is 344 g/mol. The van der Waals surface area contributed by atoms with E-state index in [0.29, 0.717) is 5.76 Å². The molecule has 2 heterocycles. The Balaban J connectivity index is 1.96. The average molecular weight is 360 g/mol. The van der Waals surface area contributed by atoms with Crippen LogP contribution in [0.4, 0.5) is 0 Å². The number of ether oxygens (including phenoxy) is 2. The molecule has 0 aliphatic heterocycles. The second kappa shape index (κ2) is 7.21. The predicted molar refractivity (Wildman–Crippen MR) is 81.6 cm³/mol. The first-order chi connectivity index (χ1) is 10.9. The van der Waals surface area contributed by atoms with Gasteiger partial charge in [-0.2, -0.15) is 4.72 Å². The van der Waals surface area contributed by atoms with Crippen molar-refractivity contribution in [2.24, 2.45) is 0 Å². The molecule has 1 N–H and O–H groups in total. The molecule has 0 fully saturated rings. The number of nitrogens with zero attached hydrogens (tertiary/aromatic N) is 1. The van der Waals surface area contributed by atoms with Gasteiger partial charge in [-0.25, -0.2) is 13.2 Å². The minimum Gasteiger partial charge on any atom is -0.465 e. The number of hydrogen-bond donors (Lipinski definition) is 1. The Hall–Kier alpha value is -1.75. The molecule has 2 aromatic heterocycles. The van der Waals surface area contributed by atoms with Gasteiger partial charge in [0.2, 0.25) is 10.0 Å². The lowest BCUT2D eigenvalue weighted by Gasteiger charge is -2.07. The van der Waals surface area contributed by atoms with Crippen molar-refractivity contribution in [1.82, 2.24) is 9.88 Å². The lowest BCUT2D eigenvalue weighted by molar-refractivity contribution is 0.0602. The Morgan fingerprint density at radius 2 is 2.17 bits per heavy atom. The third-order valence-electron chi connectivity index (χ3n) is 3.13. The zero-order valence-electron chi connectivity index (χ0n) is 12.8. The molecule has 0 unspecified atom stereocenters. The van der Waals surface area contributed by atoms with E-state index in [1.165, 1.54) is 18.6 Å². The van der Waals surface area contributed by atoms with Crippen molar-refractivity contribution in [1.29, 1.82) is 0 Å². The standard InChI is InChI=1S/C13H16N2O6S2/c1-8-9(2)15-21-10(8)6-20-7-14-23(17,18)11-4-5-22-12(11)13(16)19-3/h4-5,14H,6-7H2,1-3H3. The molecule has 23 heavy (non-hydrogen) atoms. The number of methoxy groups -OCH3 is 1. The maximum absolute atomic E-state index is 12.2. The predicted octanol–water partition coefficient (Wildman–Crippen LogP) is 1.59. The fourth-order valence-electron chi connectivity index (χ4n) is 1.69. The van der Waals surface area contributed by atoms with Crippen LogP contribution in [0.3, 0.4) is 0 Å². The highest BCUT2D eigenvalue weighted by Crippen LogP contribution is 2.22. The van der Waals surface area contributed by atoms with Crippen molar-refractivity contribution in [3.8, 4) is 0 Å². The molecule has 0 saturated carbocycles. The summed E-state index contributed by atoms with van der Waals surface area (Å²) in [5.74, 6) is -0.165. The van der Waals surface area contributed by atoms with E-state index in [0.717, 1.165) is 22.6 Å². The van der Waals surface area contributed by atoms with Crippen LogP contribution in [0.5, 0.6) is 0 Å². The number of carbonyl (C=O) groups is 1. The van der Waals surface area contributed by atoms with Crippen LogP contribution >= 0.6 is 11.3 Å². The van der Waals surface area contributed by atoms with Gasteiger partial charge in [-0.05, 0) is 25.3 Å². The van der Waals surface area contributed by atoms with Crippen LogP contribution in [0.2, 0.25) is 0 Å². The van der Waals surface area contributed by atoms with Crippen LogP contribution in [-0.2, 0) is 26.1 Å². The zero-order chi connectivity index (χ0) is 17.0. The lowest BCUT2D eigenvalue weighted by Crippen LogP contribution is -2.27. The summed E-state index contributed by atoms with van der Waals surface area (Å²) in [6.45, 7) is 3.46. The van der Waals surface area contributed by atoms with Crippen molar-refractivity contribution in [2.45, 2.75) is 25.3 Å². The van der Waals surface area contributed by atoms with Crippen LogP contribution in [0.25, 0.3) is 0 Å². The Bertz CT molecular complexity index is 793. The Kier molecular flexibility index (Phi) is 5.52. The molecule has 0 bridgehead atoms. The van der Waals surface area contributed by atoms with Crippen molar-refractivity contribution in [2.75, 3.05) is 13.8 Å². The van der Waals surface area contributed by atoms with E-state index >= 15 is 0 Å². The molecule has 0 atom stereocenters. The number of hydrogen-bond acceptors (Lipinski definition) is 8. The fourth-order valence-corrected chi connectivity index (χ4v) is 3.92. The largest absolute Gasteiger partial charge is 0.465 e. The van der Waals surface area contributed by atoms with Crippen molar-refractivity contribution in [3.63, 3.8) is 0 Å². The monoisotopic (exact) mass is 360 g/mol. The third kappa shape index (κ3) is 3.96. The number of nitrogens with one attached hydrogen (secondary N) is 1. The van der Waals surface area contributed by atoms with E-state index in [2.05, 4.69) is 14.6 Å². The lowest BCUT2D eigenvalue weighted by atomic mass is 10.2. The summed E-state index contributed by atoms with van der Waals surface area (Å²) in [6.07, 6.45) is 0. The number of sulfonamides is 1. The van der Waals surface area contributed by atoms with Gasteiger partial charge < -0.3 is 14.0 Å². The quantitative estimate of drug-likeness (QED) is 0.454. The molecule has 0 amide bonds. The molecular formula is C13H16N2O6S2. The Morgan fingerprint density at radius 1 is 1.43 bits per heavy atom. The number of thiophene rings is 1. The van der Waals surface area contributed by atoms with Crippen LogP contribution in [0, 0.1) is 13.8 Å². The maximum atomic E-state index is 12.2. The second-order valence-electron chi connectivity index (χ2n) is 4.56. The van der Waals surface area contributed by atoms with Crippen molar-refractivity contribution < 1.29 is 27.2 Å². The van der Waals surface area contributed by atoms with Gasteiger partial charge in [0.1, 0.15) is 23.1 Å². The first-order valence-electron chi connectivity index (χ1n) is 6.51. The highest BCUT2D eigenvalue weighted by Gasteiger charge is 2.24. The normalized spacial score (nSPS) is 11.6. The third-order valence-corrected chi connectivity index (χ3v) is 5.57. The van der Waals surface area contributed by atoms with Gasteiger partial charge in [0.05, 0.1) is 12.8 Å². The zero-order valence-corrected chi connectivity index (χ0v) is 14.4. The first kappa shape index (κ1) is 17.6. The van der Waals surface area contributed by atoms with Crippen LogP contribution in [0.15, 0.2) is 20.9 Å². The molecule has 0 radical (unpaired) electrons. The number of esters is 1. The molecule has 10 heteroatoms. The molecule has 0 saturated heterocycles. The number of carbonyl (C=O) groups excluding carboxylic acids is 1. The van der Waals surface area contributed by atoms with Gasteiger partial charge in [-0.15, -0.1) is 11.3 Å². The van der Waals surface area contributed by atoms with E-state index in [4.69, 9.17) is 9.26 Å². The molecule has 0 aliphatic carbocycles. The molecule has 2 rings (SSSR count). The van der Waals surface area contributed by atoms with E-state index < -0.39 is 16.0 Å². The highest BCUT2D eigenvalue weighted by atomic mass is 32.2. The SMILES string of the molecule is COC(=O)c1sccc1S(=O)(=O)NCOCc1onc(C)c1C. The Labute approximate surface area is 137 Å². The summed E-state index contributed by atoms with van der Waals surface area (Å²) >= 11 is 0.992. The average Bonchev–Trinajstić information content (AvgIpc) is 3.13. The summed E-state index contributed by atoms with van der Waals surface area (Å²) in [6, 6.07) is 1.34. The fraction of sp³-hybridized carbons (Fsp3) is 0.385. The van der Waals surface area contributed by atoms with E-state index in [-0.39, 0.29) is 23.1 Å². The molecule has 0 aliphatic rings. The van der Waals surface area contributed by atoms with E-state index in [1.807, 2.05) is 6.92 Å². The summed E-state index contributed by atoms with van der Waals surface area (Å²) in [5.41, 5.74) is 1.61. The minimum atomic E-state index is -3.87. The first-order valence-corrected chi connectivity index (χ1v) is 8.88. The smallest absolute Gasteiger partial charge is 0.349 e. The Morgan fingerprint density at radius 3 is 2.78 bits per heavy atom. The van der Waals surface area contributed by atoms with Gasteiger partial charge in [0, 0.05) is 5.56 Å². The van der Waals surface area contributed by atoms with Crippen LogP contribution in [-0.4, -0.2) is 33.4 Å².